The number of hydrogen-bond donors (Lipinski definition) is 1. The summed E-state index contributed by atoms with van der Waals surface area (Å²) in [4.78, 5) is 28.6. The van der Waals surface area contributed by atoms with Gasteiger partial charge in [0.25, 0.3) is 0 Å². The van der Waals surface area contributed by atoms with Gasteiger partial charge in [-0.3, -0.25) is 9.59 Å². The highest BCUT2D eigenvalue weighted by Crippen LogP contribution is 2.24. The molecule has 6 heteroatoms. The number of anilines is 2. The Morgan fingerprint density at radius 3 is 2.44 bits per heavy atom. The number of halogens is 1. The largest absolute Gasteiger partial charge is 0.368 e. The van der Waals surface area contributed by atoms with Crippen molar-refractivity contribution in [1.82, 2.24) is 4.90 Å². The van der Waals surface area contributed by atoms with Gasteiger partial charge < -0.3 is 15.1 Å². The van der Waals surface area contributed by atoms with E-state index in [9.17, 15) is 9.59 Å². The van der Waals surface area contributed by atoms with Crippen LogP contribution in [0.3, 0.4) is 0 Å². The number of carbonyl (C=O) groups excluding carboxylic acids is 2. The standard InChI is InChI=1S/C21H24ClN3O2/c1-15-5-3-8-19(16(15)2)24-9-11-25(12-10-24)21(27)14-20(26)23-18-7-4-6-17(22)13-18/h3-8,13H,9-12,14H2,1-2H3,(H,23,26). The van der Waals surface area contributed by atoms with E-state index in [4.69, 9.17) is 11.6 Å². The third kappa shape index (κ3) is 4.80. The van der Waals surface area contributed by atoms with Gasteiger partial charge in [0.2, 0.25) is 11.8 Å². The van der Waals surface area contributed by atoms with Crippen LogP contribution >= 0.6 is 11.6 Å². The maximum atomic E-state index is 12.5. The van der Waals surface area contributed by atoms with Crippen LogP contribution in [-0.2, 0) is 9.59 Å². The van der Waals surface area contributed by atoms with Gasteiger partial charge in [-0.2, -0.15) is 0 Å². The smallest absolute Gasteiger partial charge is 0.233 e. The van der Waals surface area contributed by atoms with Gasteiger partial charge in [0.15, 0.2) is 0 Å². The molecule has 0 radical (unpaired) electrons. The van der Waals surface area contributed by atoms with Crippen molar-refractivity contribution in [2.45, 2.75) is 20.3 Å². The summed E-state index contributed by atoms with van der Waals surface area (Å²) in [6.07, 6.45) is -0.157. The first-order chi connectivity index (χ1) is 12.9. The molecule has 1 aliphatic heterocycles. The Hall–Kier alpha value is -2.53. The lowest BCUT2D eigenvalue weighted by atomic mass is 10.1. The highest BCUT2D eigenvalue weighted by atomic mass is 35.5. The van der Waals surface area contributed by atoms with E-state index in [1.165, 1.54) is 16.8 Å². The maximum absolute atomic E-state index is 12.5. The van der Waals surface area contributed by atoms with Crippen LogP contribution in [0.2, 0.25) is 5.02 Å². The minimum absolute atomic E-state index is 0.143. The SMILES string of the molecule is Cc1cccc(N2CCN(C(=O)CC(=O)Nc3cccc(Cl)c3)CC2)c1C. The molecule has 0 aliphatic carbocycles. The fourth-order valence-electron chi connectivity index (χ4n) is 3.30. The van der Waals surface area contributed by atoms with E-state index in [1.54, 1.807) is 29.2 Å². The predicted octanol–water partition coefficient (Wildman–Crippen LogP) is 3.63. The highest BCUT2D eigenvalue weighted by molar-refractivity contribution is 6.30. The second-order valence-electron chi connectivity index (χ2n) is 6.82. The zero-order chi connectivity index (χ0) is 19.4. The van der Waals surface area contributed by atoms with Gasteiger partial charge in [-0.15, -0.1) is 0 Å². The third-order valence-electron chi connectivity index (χ3n) is 4.97. The summed E-state index contributed by atoms with van der Waals surface area (Å²) in [7, 11) is 0. The van der Waals surface area contributed by atoms with Crippen LogP contribution in [0.1, 0.15) is 17.5 Å². The van der Waals surface area contributed by atoms with E-state index in [2.05, 4.69) is 42.3 Å². The molecule has 0 saturated carbocycles. The van der Waals surface area contributed by atoms with Gasteiger partial charge in [0.05, 0.1) is 0 Å². The van der Waals surface area contributed by atoms with Gasteiger partial charge in [-0.1, -0.05) is 29.8 Å². The number of piperazine rings is 1. The fraction of sp³-hybridized carbons (Fsp3) is 0.333. The van der Waals surface area contributed by atoms with Crippen molar-refractivity contribution in [2.24, 2.45) is 0 Å². The molecule has 1 saturated heterocycles. The lowest BCUT2D eigenvalue weighted by Gasteiger charge is -2.37. The zero-order valence-electron chi connectivity index (χ0n) is 15.7. The maximum Gasteiger partial charge on any atom is 0.233 e. The first-order valence-electron chi connectivity index (χ1n) is 9.08. The normalized spacial score (nSPS) is 14.2. The van der Waals surface area contributed by atoms with E-state index in [1.807, 2.05) is 0 Å². The summed E-state index contributed by atoms with van der Waals surface area (Å²) in [5.41, 5.74) is 4.36. The quantitative estimate of drug-likeness (QED) is 0.817. The fourth-order valence-corrected chi connectivity index (χ4v) is 3.49. The summed E-state index contributed by atoms with van der Waals surface area (Å²) >= 11 is 5.91. The van der Waals surface area contributed by atoms with E-state index >= 15 is 0 Å². The van der Waals surface area contributed by atoms with Crippen LogP contribution in [0.15, 0.2) is 42.5 Å². The van der Waals surface area contributed by atoms with Crippen LogP contribution in [0.5, 0.6) is 0 Å². The van der Waals surface area contributed by atoms with E-state index in [0.717, 1.165) is 13.1 Å². The number of aryl methyl sites for hydroxylation is 1. The second-order valence-corrected chi connectivity index (χ2v) is 7.26. The summed E-state index contributed by atoms with van der Waals surface area (Å²) in [6.45, 7) is 7.02. The molecule has 2 amide bonds. The third-order valence-corrected chi connectivity index (χ3v) is 5.20. The van der Waals surface area contributed by atoms with Crippen LogP contribution in [0.25, 0.3) is 0 Å². The van der Waals surface area contributed by atoms with Crippen LogP contribution < -0.4 is 10.2 Å². The number of amides is 2. The van der Waals surface area contributed by atoms with Crippen molar-refractivity contribution >= 4 is 34.8 Å². The molecule has 0 aromatic heterocycles. The topological polar surface area (TPSA) is 52.7 Å². The van der Waals surface area contributed by atoms with Gasteiger partial charge in [-0.05, 0) is 49.2 Å². The molecular formula is C21H24ClN3O2. The minimum atomic E-state index is -0.320. The molecule has 0 spiro atoms. The Balaban J connectivity index is 1.52. The first-order valence-corrected chi connectivity index (χ1v) is 9.46. The summed E-state index contributed by atoms with van der Waals surface area (Å²) in [5.74, 6) is -0.464. The molecule has 1 heterocycles. The minimum Gasteiger partial charge on any atom is -0.368 e. The first kappa shape index (κ1) is 19.2. The van der Waals surface area contributed by atoms with Crippen molar-refractivity contribution in [3.63, 3.8) is 0 Å². The predicted molar refractivity (Wildman–Crippen MR) is 109 cm³/mol. The molecular weight excluding hydrogens is 362 g/mol. The zero-order valence-corrected chi connectivity index (χ0v) is 16.4. The Kier molecular flexibility index (Phi) is 6.01. The molecule has 0 atom stereocenters. The monoisotopic (exact) mass is 385 g/mol. The molecule has 27 heavy (non-hydrogen) atoms. The van der Waals surface area contributed by atoms with Gasteiger partial charge in [0, 0.05) is 42.6 Å². The van der Waals surface area contributed by atoms with Crippen molar-refractivity contribution in [3.05, 3.63) is 58.6 Å². The molecule has 142 valence electrons. The second kappa shape index (κ2) is 8.44. The van der Waals surface area contributed by atoms with Gasteiger partial charge in [-0.25, -0.2) is 0 Å². The summed E-state index contributed by atoms with van der Waals surface area (Å²) in [5, 5.41) is 3.26. The van der Waals surface area contributed by atoms with E-state index in [0.29, 0.717) is 23.8 Å². The number of nitrogens with zero attached hydrogens (tertiary/aromatic N) is 2. The van der Waals surface area contributed by atoms with Crippen molar-refractivity contribution in [3.8, 4) is 0 Å². The van der Waals surface area contributed by atoms with Crippen molar-refractivity contribution < 1.29 is 9.59 Å². The number of benzene rings is 2. The molecule has 1 N–H and O–H groups in total. The number of carbonyl (C=O) groups is 2. The summed E-state index contributed by atoms with van der Waals surface area (Å²) in [6, 6.07) is 13.2. The Bertz CT molecular complexity index is 845. The average Bonchev–Trinajstić information content (AvgIpc) is 2.64. The Labute approximate surface area is 164 Å². The average molecular weight is 386 g/mol. The van der Waals surface area contributed by atoms with E-state index in [-0.39, 0.29) is 18.2 Å². The molecule has 0 unspecified atom stereocenters. The molecule has 5 nitrogen and oxygen atoms in total. The lowest BCUT2D eigenvalue weighted by molar-refractivity contribution is -0.134. The Morgan fingerprint density at radius 2 is 1.74 bits per heavy atom. The van der Waals surface area contributed by atoms with E-state index < -0.39 is 0 Å². The van der Waals surface area contributed by atoms with Gasteiger partial charge in [0.1, 0.15) is 6.42 Å². The molecule has 3 rings (SSSR count). The lowest BCUT2D eigenvalue weighted by Crippen LogP contribution is -2.49. The molecule has 2 aromatic rings. The van der Waals surface area contributed by atoms with Crippen molar-refractivity contribution in [2.75, 3.05) is 36.4 Å². The van der Waals surface area contributed by atoms with Gasteiger partial charge >= 0.3 is 0 Å². The van der Waals surface area contributed by atoms with Crippen LogP contribution in [0, 0.1) is 13.8 Å². The summed E-state index contributed by atoms with van der Waals surface area (Å²) < 4.78 is 0. The molecule has 2 aromatic carbocycles. The molecule has 0 bridgehead atoms. The number of rotatable bonds is 4. The van der Waals surface area contributed by atoms with Crippen LogP contribution in [0.4, 0.5) is 11.4 Å². The molecule has 1 aliphatic rings. The number of nitrogens with one attached hydrogen (secondary N) is 1. The number of hydrogen-bond acceptors (Lipinski definition) is 3. The molecule has 1 fully saturated rings. The van der Waals surface area contributed by atoms with Crippen molar-refractivity contribution in [1.29, 1.82) is 0 Å². The highest BCUT2D eigenvalue weighted by Gasteiger charge is 2.23. The van der Waals surface area contributed by atoms with Crippen LogP contribution in [-0.4, -0.2) is 42.9 Å². The Morgan fingerprint density at radius 1 is 1.04 bits per heavy atom.